The van der Waals surface area contributed by atoms with Gasteiger partial charge in [-0.15, -0.1) is 0 Å². The number of ether oxygens (including phenoxy) is 1. The van der Waals surface area contributed by atoms with Crippen LogP contribution >= 0.6 is 0 Å². The number of hydrogen-bond donors (Lipinski definition) is 1. The van der Waals surface area contributed by atoms with E-state index in [1.165, 1.54) is 6.07 Å². The van der Waals surface area contributed by atoms with Crippen LogP contribution < -0.4 is 5.32 Å². The summed E-state index contributed by atoms with van der Waals surface area (Å²) in [6.07, 6.45) is 0. The average molecular weight is 215 g/mol. The van der Waals surface area contributed by atoms with Crippen molar-refractivity contribution in [1.82, 2.24) is 0 Å². The number of nitrogens with one attached hydrogen (secondary N) is 1. The fourth-order valence-corrected chi connectivity index (χ4v) is 1.04. The molecule has 0 amide bonds. The summed E-state index contributed by atoms with van der Waals surface area (Å²) >= 11 is 0. The fourth-order valence-electron chi connectivity index (χ4n) is 1.04. The third-order valence-corrected chi connectivity index (χ3v) is 1.68. The first kappa shape index (κ1) is 11.4. The highest BCUT2D eigenvalue weighted by Crippen LogP contribution is 2.17. The molecule has 82 valence electrons. The van der Waals surface area contributed by atoms with Gasteiger partial charge in [-0.3, -0.25) is 4.79 Å². The second-order valence-corrected chi connectivity index (χ2v) is 2.76. The summed E-state index contributed by atoms with van der Waals surface area (Å²) in [5.74, 6) is -2.03. The Labute approximate surface area is 86.0 Å². The van der Waals surface area contributed by atoms with E-state index in [2.05, 4.69) is 10.1 Å². The number of rotatable bonds is 4. The monoisotopic (exact) mass is 215 g/mol. The molecule has 5 heteroatoms. The quantitative estimate of drug-likeness (QED) is 0.780. The minimum Gasteiger partial charge on any atom is -0.465 e. The Kier molecular flexibility index (Phi) is 4.03. The van der Waals surface area contributed by atoms with Gasteiger partial charge in [0, 0.05) is 0 Å². The van der Waals surface area contributed by atoms with Crippen LogP contribution in [0.5, 0.6) is 0 Å². The lowest BCUT2D eigenvalue weighted by Gasteiger charge is -2.07. The Morgan fingerprint density at radius 1 is 1.40 bits per heavy atom. The first-order valence-corrected chi connectivity index (χ1v) is 4.48. The average Bonchev–Trinajstić information content (AvgIpc) is 2.17. The SMILES string of the molecule is CCOC(=O)CNc1c(F)cccc1F. The van der Waals surface area contributed by atoms with Gasteiger partial charge in [-0.05, 0) is 19.1 Å². The molecule has 0 atom stereocenters. The first-order valence-electron chi connectivity index (χ1n) is 4.48. The molecule has 1 aromatic carbocycles. The summed E-state index contributed by atoms with van der Waals surface area (Å²) in [6, 6.07) is 3.47. The van der Waals surface area contributed by atoms with Crippen molar-refractivity contribution in [2.24, 2.45) is 0 Å². The summed E-state index contributed by atoms with van der Waals surface area (Å²) in [4.78, 5) is 10.9. The van der Waals surface area contributed by atoms with Crippen LogP contribution in [0, 0.1) is 11.6 Å². The van der Waals surface area contributed by atoms with Crippen LogP contribution in [0.2, 0.25) is 0 Å². The van der Waals surface area contributed by atoms with Crippen molar-refractivity contribution in [3.63, 3.8) is 0 Å². The third kappa shape index (κ3) is 3.19. The van der Waals surface area contributed by atoms with E-state index < -0.39 is 17.6 Å². The molecule has 0 radical (unpaired) electrons. The molecular formula is C10H11F2NO2. The molecule has 0 aromatic heterocycles. The summed E-state index contributed by atoms with van der Waals surface area (Å²) < 4.78 is 30.7. The minimum absolute atomic E-state index is 0.236. The van der Waals surface area contributed by atoms with E-state index in [1.807, 2.05) is 0 Å². The standard InChI is InChI=1S/C10H11F2NO2/c1-2-15-9(14)6-13-10-7(11)4-3-5-8(10)12/h3-5,13H,2,6H2,1H3. The maximum atomic E-state index is 13.0. The van der Waals surface area contributed by atoms with E-state index >= 15 is 0 Å². The molecule has 15 heavy (non-hydrogen) atoms. The van der Waals surface area contributed by atoms with Gasteiger partial charge in [-0.1, -0.05) is 6.07 Å². The van der Waals surface area contributed by atoms with Crippen LogP contribution in [0.1, 0.15) is 6.92 Å². The van der Waals surface area contributed by atoms with Gasteiger partial charge in [-0.25, -0.2) is 8.78 Å². The highest BCUT2D eigenvalue weighted by molar-refractivity contribution is 5.75. The molecule has 0 aliphatic carbocycles. The number of halogens is 2. The largest absolute Gasteiger partial charge is 0.465 e. The van der Waals surface area contributed by atoms with Crippen LogP contribution in [0.25, 0.3) is 0 Å². The van der Waals surface area contributed by atoms with Crippen molar-refractivity contribution < 1.29 is 18.3 Å². The molecule has 0 saturated heterocycles. The Morgan fingerprint density at radius 2 is 2.00 bits per heavy atom. The number of anilines is 1. The molecule has 1 aromatic rings. The van der Waals surface area contributed by atoms with Gasteiger partial charge in [0.05, 0.1) is 6.61 Å². The molecular weight excluding hydrogens is 204 g/mol. The summed E-state index contributed by atoms with van der Waals surface area (Å²) in [7, 11) is 0. The molecule has 1 N–H and O–H groups in total. The molecule has 0 bridgehead atoms. The number of carbonyl (C=O) groups is 1. The highest BCUT2D eigenvalue weighted by Gasteiger charge is 2.09. The zero-order valence-corrected chi connectivity index (χ0v) is 8.22. The molecule has 0 saturated carbocycles. The molecule has 3 nitrogen and oxygen atoms in total. The van der Waals surface area contributed by atoms with Crippen molar-refractivity contribution in [1.29, 1.82) is 0 Å². The zero-order valence-electron chi connectivity index (χ0n) is 8.22. The molecule has 0 spiro atoms. The van der Waals surface area contributed by atoms with Crippen LogP contribution in [0.15, 0.2) is 18.2 Å². The normalized spacial score (nSPS) is 9.80. The van der Waals surface area contributed by atoms with Gasteiger partial charge in [0.1, 0.15) is 23.9 Å². The van der Waals surface area contributed by atoms with E-state index in [4.69, 9.17) is 0 Å². The van der Waals surface area contributed by atoms with Gasteiger partial charge in [0.15, 0.2) is 0 Å². The van der Waals surface area contributed by atoms with Crippen molar-refractivity contribution in [3.8, 4) is 0 Å². The van der Waals surface area contributed by atoms with Gasteiger partial charge in [0.25, 0.3) is 0 Å². The summed E-state index contributed by atoms with van der Waals surface area (Å²) in [5, 5.41) is 2.34. The first-order chi connectivity index (χ1) is 7.15. The predicted molar refractivity (Wildman–Crippen MR) is 51.5 cm³/mol. The van der Waals surface area contributed by atoms with Gasteiger partial charge >= 0.3 is 5.97 Å². The third-order valence-electron chi connectivity index (χ3n) is 1.68. The number of esters is 1. The maximum absolute atomic E-state index is 13.0. The van der Waals surface area contributed by atoms with Crippen molar-refractivity contribution >= 4 is 11.7 Å². The smallest absolute Gasteiger partial charge is 0.325 e. The maximum Gasteiger partial charge on any atom is 0.325 e. The fraction of sp³-hybridized carbons (Fsp3) is 0.300. The molecule has 0 heterocycles. The number of para-hydroxylation sites is 1. The second kappa shape index (κ2) is 5.29. The second-order valence-electron chi connectivity index (χ2n) is 2.76. The molecule has 0 aliphatic rings. The van der Waals surface area contributed by atoms with E-state index in [9.17, 15) is 13.6 Å². The van der Waals surface area contributed by atoms with E-state index in [-0.39, 0.29) is 18.8 Å². The molecule has 1 rings (SSSR count). The predicted octanol–water partition coefficient (Wildman–Crippen LogP) is 1.94. The highest BCUT2D eigenvalue weighted by atomic mass is 19.1. The molecule has 0 aliphatic heterocycles. The van der Waals surface area contributed by atoms with Crippen molar-refractivity contribution in [2.45, 2.75) is 6.92 Å². The minimum atomic E-state index is -0.737. The van der Waals surface area contributed by atoms with Crippen LogP contribution in [-0.4, -0.2) is 19.1 Å². The Balaban J connectivity index is 2.61. The van der Waals surface area contributed by atoms with E-state index in [1.54, 1.807) is 6.92 Å². The Hall–Kier alpha value is -1.65. The molecule has 0 fully saturated rings. The van der Waals surface area contributed by atoms with Crippen LogP contribution in [-0.2, 0) is 9.53 Å². The van der Waals surface area contributed by atoms with Gasteiger partial charge < -0.3 is 10.1 Å². The number of benzene rings is 1. The Bertz CT molecular complexity index is 335. The van der Waals surface area contributed by atoms with Crippen molar-refractivity contribution in [2.75, 3.05) is 18.5 Å². The summed E-state index contributed by atoms with van der Waals surface area (Å²) in [6.45, 7) is 1.63. The number of hydrogen-bond acceptors (Lipinski definition) is 3. The summed E-state index contributed by atoms with van der Waals surface area (Å²) in [5.41, 5.74) is -0.314. The van der Waals surface area contributed by atoms with Gasteiger partial charge in [0.2, 0.25) is 0 Å². The van der Waals surface area contributed by atoms with Gasteiger partial charge in [-0.2, -0.15) is 0 Å². The van der Waals surface area contributed by atoms with Crippen LogP contribution in [0.4, 0.5) is 14.5 Å². The lowest BCUT2D eigenvalue weighted by Crippen LogP contribution is -2.18. The molecule has 0 unspecified atom stereocenters. The van der Waals surface area contributed by atoms with Crippen LogP contribution in [0.3, 0.4) is 0 Å². The lowest BCUT2D eigenvalue weighted by molar-refractivity contribution is -0.140. The number of carbonyl (C=O) groups excluding carboxylic acids is 1. The van der Waals surface area contributed by atoms with E-state index in [0.29, 0.717) is 0 Å². The zero-order chi connectivity index (χ0) is 11.3. The lowest BCUT2D eigenvalue weighted by atomic mass is 10.3. The van der Waals surface area contributed by atoms with E-state index in [0.717, 1.165) is 12.1 Å². The Morgan fingerprint density at radius 3 is 2.53 bits per heavy atom. The topological polar surface area (TPSA) is 38.3 Å². The van der Waals surface area contributed by atoms with Crippen molar-refractivity contribution in [3.05, 3.63) is 29.8 Å².